The molecule has 24 heavy (non-hydrogen) atoms. The van der Waals surface area contributed by atoms with Gasteiger partial charge in [-0.15, -0.1) is 0 Å². The number of rotatable bonds is 6. The van der Waals surface area contributed by atoms with Gasteiger partial charge in [0.15, 0.2) is 0 Å². The Kier molecular flexibility index (Phi) is 5.27. The van der Waals surface area contributed by atoms with E-state index in [1.165, 1.54) is 0 Å². The lowest BCUT2D eigenvalue weighted by Crippen LogP contribution is -2.38. The van der Waals surface area contributed by atoms with E-state index in [1.54, 1.807) is 13.1 Å². The molecule has 6 nitrogen and oxygen atoms in total. The molecule has 0 radical (unpaired) electrons. The normalized spacial score (nSPS) is 15.5. The number of fused-ring (bicyclic) bond motifs is 1. The highest BCUT2D eigenvalue weighted by Gasteiger charge is 2.22. The van der Waals surface area contributed by atoms with Crippen molar-refractivity contribution >= 4 is 22.7 Å². The highest BCUT2D eigenvalue weighted by Crippen LogP contribution is 2.22. The Morgan fingerprint density at radius 1 is 1.17 bits per heavy atom. The number of Topliss-reactive ketones (excluding diaryl/α,β-unsaturated/α-hetero) is 1. The molecule has 128 valence electrons. The van der Waals surface area contributed by atoms with Crippen LogP contribution in [0.3, 0.4) is 0 Å². The Morgan fingerprint density at radius 2 is 1.92 bits per heavy atom. The van der Waals surface area contributed by atoms with Gasteiger partial charge in [-0.2, -0.15) is 0 Å². The number of esters is 1. The summed E-state index contributed by atoms with van der Waals surface area (Å²) >= 11 is 0. The second-order valence-electron chi connectivity index (χ2n) is 5.76. The SMILES string of the molecule is CCOC(=O)C(=O)c1cn(CCN2CCOCC2)c2ccccc12. The van der Waals surface area contributed by atoms with E-state index in [9.17, 15) is 9.59 Å². The molecule has 3 rings (SSSR count). The third kappa shape index (κ3) is 3.49. The largest absolute Gasteiger partial charge is 0.460 e. The molecule has 0 bridgehead atoms. The van der Waals surface area contributed by atoms with Crippen LogP contribution in [-0.2, 0) is 20.8 Å². The van der Waals surface area contributed by atoms with E-state index in [0.717, 1.165) is 50.3 Å². The topological polar surface area (TPSA) is 60.8 Å². The molecule has 0 saturated carbocycles. The number of ether oxygens (including phenoxy) is 2. The summed E-state index contributed by atoms with van der Waals surface area (Å²) in [4.78, 5) is 26.5. The lowest BCUT2D eigenvalue weighted by molar-refractivity contribution is -0.137. The monoisotopic (exact) mass is 330 g/mol. The fourth-order valence-electron chi connectivity index (χ4n) is 2.99. The predicted octanol–water partition coefficient (Wildman–Crippen LogP) is 1.72. The molecule has 0 spiro atoms. The molecule has 1 aromatic heterocycles. The molecule has 1 aliphatic heterocycles. The zero-order valence-electron chi connectivity index (χ0n) is 13.9. The highest BCUT2D eigenvalue weighted by molar-refractivity contribution is 6.43. The number of carbonyl (C=O) groups is 2. The number of hydrogen-bond acceptors (Lipinski definition) is 5. The zero-order valence-corrected chi connectivity index (χ0v) is 13.9. The molecule has 2 aromatic rings. The number of ketones is 1. The van der Waals surface area contributed by atoms with Gasteiger partial charge in [-0.05, 0) is 13.0 Å². The predicted molar refractivity (Wildman–Crippen MR) is 90.2 cm³/mol. The Balaban J connectivity index is 1.83. The molecule has 0 amide bonds. The summed E-state index contributed by atoms with van der Waals surface area (Å²) in [5, 5.41) is 0.789. The maximum atomic E-state index is 12.4. The van der Waals surface area contributed by atoms with Crippen LogP contribution in [0, 0.1) is 0 Å². The van der Waals surface area contributed by atoms with Gasteiger partial charge in [-0.3, -0.25) is 9.69 Å². The fraction of sp³-hybridized carbons (Fsp3) is 0.444. The Bertz CT molecular complexity index is 732. The van der Waals surface area contributed by atoms with Crippen LogP contribution in [0.4, 0.5) is 0 Å². The molecule has 0 aliphatic carbocycles. The van der Waals surface area contributed by atoms with Crippen molar-refractivity contribution in [2.75, 3.05) is 39.5 Å². The van der Waals surface area contributed by atoms with Crippen molar-refractivity contribution in [3.63, 3.8) is 0 Å². The molecule has 1 aromatic carbocycles. The van der Waals surface area contributed by atoms with E-state index >= 15 is 0 Å². The van der Waals surface area contributed by atoms with Gasteiger partial charge >= 0.3 is 5.97 Å². The smallest absolute Gasteiger partial charge is 0.379 e. The van der Waals surface area contributed by atoms with Crippen LogP contribution in [0.2, 0.25) is 0 Å². The average molecular weight is 330 g/mol. The molecule has 1 aliphatic rings. The Hall–Kier alpha value is -2.18. The van der Waals surface area contributed by atoms with Gasteiger partial charge in [0.05, 0.1) is 25.4 Å². The molecule has 0 unspecified atom stereocenters. The molecule has 0 atom stereocenters. The van der Waals surface area contributed by atoms with Crippen molar-refractivity contribution in [1.82, 2.24) is 9.47 Å². The van der Waals surface area contributed by atoms with Crippen molar-refractivity contribution in [2.24, 2.45) is 0 Å². The first-order valence-electron chi connectivity index (χ1n) is 8.30. The van der Waals surface area contributed by atoms with Crippen molar-refractivity contribution in [2.45, 2.75) is 13.5 Å². The van der Waals surface area contributed by atoms with Crippen molar-refractivity contribution < 1.29 is 19.1 Å². The molecule has 1 fully saturated rings. The second kappa shape index (κ2) is 7.59. The molecular weight excluding hydrogens is 308 g/mol. The minimum absolute atomic E-state index is 0.195. The van der Waals surface area contributed by atoms with Crippen molar-refractivity contribution in [3.8, 4) is 0 Å². The van der Waals surface area contributed by atoms with Crippen LogP contribution < -0.4 is 0 Å². The van der Waals surface area contributed by atoms with E-state index in [-0.39, 0.29) is 6.61 Å². The third-order valence-corrected chi connectivity index (χ3v) is 4.25. The second-order valence-corrected chi connectivity index (χ2v) is 5.76. The Labute approximate surface area is 140 Å². The summed E-state index contributed by atoms with van der Waals surface area (Å²) in [6, 6.07) is 7.65. The molecular formula is C18H22N2O4. The minimum Gasteiger partial charge on any atom is -0.460 e. The summed E-state index contributed by atoms with van der Waals surface area (Å²) < 4.78 is 12.3. The summed E-state index contributed by atoms with van der Waals surface area (Å²) in [6.45, 7) is 6.91. The van der Waals surface area contributed by atoms with Gasteiger partial charge in [0.25, 0.3) is 5.78 Å². The number of morpholine rings is 1. The average Bonchev–Trinajstić information content (AvgIpc) is 2.99. The summed E-state index contributed by atoms with van der Waals surface area (Å²) in [5.41, 5.74) is 1.37. The number of hydrogen-bond donors (Lipinski definition) is 0. The van der Waals surface area contributed by atoms with Crippen LogP contribution in [-0.4, -0.2) is 60.7 Å². The van der Waals surface area contributed by atoms with Crippen LogP contribution >= 0.6 is 0 Å². The van der Waals surface area contributed by atoms with Gasteiger partial charge in [0.2, 0.25) is 0 Å². The van der Waals surface area contributed by atoms with Crippen LogP contribution in [0.25, 0.3) is 10.9 Å². The van der Waals surface area contributed by atoms with Gasteiger partial charge in [-0.1, -0.05) is 18.2 Å². The fourth-order valence-corrected chi connectivity index (χ4v) is 2.99. The van der Waals surface area contributed by atoms with Gasteiger partial charge < -0.3 is 14.0 Å². The van der Waals surface area contributed by atoms with Crippen LogP contribution in [0.15, 0.2) is 30.5 Å². The summed E-state index contributed by atoms with van der Waals surface area (Å²) in [5.74, 6) is -1.38. The summed E-state index contributed by atoms with van der Waals surface area (Å²) in [6.07, 6.45) is 1.77. The third-order valence-electron chi connectivity index (χ3n) is 4.25. The standard InChI is InChI=1S/C18H22N2O4/c1-2-24-18(22)17(21)15-13-20(16-6-4-3-5-14(15)16)8-7-19-9-11-23-12-10-19/h3-6,13H,2,7-12H2,1H3. The lowest BCUT2D eigenvalue weighted by atomic mass is 10.1. The quantitative estimate of drug-likeness (QED) is 0.458. The molecule has 2 heterocycles. The number of aromatic nitrogens is 1. The highest BCUT2D eigenvalue weighted by atomic mass is 16.5. The number of benzene rings is 1. The number of nitrogens with zero attached hydrogens (tertiary/aromatic N) is 2. The maximum Gasteiger partial charge on any atom is 0.379 e. The van der Waals surface area contributed by atoms with Crippen molar-refractivity contribution in [1.29, 1.82) is 0 Å². The molecule has 0 N–H and O–H groups in total. The number of para-hydroxylation sites is 1. The van der Waals surface area contributed by atoms with Gasteiger partial charge in [0, 0.05) is 43.3 Å². The number of carbonyl (C=O) groups excluding carboxylic acids is 2. The van der Waals surface area contributed by atoms with E-state index in [2.05, 4.69) is 4.90 Å². The lowest BCUT2D eigenvalue weighted by Gasteiger charge is -2.26. The van der Waals surface area contributed by atoms with Crippen molar-refractivity contribution in [3.05, 3.63) is 36.0 Å². The molecule has 1 saturated heterocycles. The molecule has 6 heteroatoms. The zero-order chi connectivity index (χ0) is 16.9. The van der Waals surface area contributed by atoms with Gasteiger partial charge in [-0.25, -0.2) is 4.79 Å². The maximum absolute atomic E-state index is 12.4. The van der Waals surface area contributed by atoms with Crippen LogP contribution in [0.1, 0.15) is 17.3 Å². The van der Waals surface area contributed by atoms with Gasteiger partial charge in [0.1, 0.15) is 0 Å². The van der Waals surface area contributed by atoms with E-state index in [1.807, 2.05) is 28.8 Å². The van der Waals surface area contributed by atoms with E-state index in [4.69, 9.17) is 9.47 Å². The van der Waals surface area contributed by atoms with E-state index < -0.39 is 11.8 Å². The first kappa shape index (κ1) is 16.7. The first-order valence-corrected chi connectivity index (χ1v) is 8.30. The Morgan fingerprint density at radius 3 is 2.67 bits per heavy atom. The van der Waals surface area contributed by atoms with E-state index in [0.29, 0.717) is 5.56 Å². The first-order chi connectivity index (χ1) is 11.7. The summed E-state index contributed by atoms with van der Waals surface area (Å²) in [7, 11) is 0. The minimum atomic E-state index is -0.798. The van der Waals surface area contributed by atoms with Crippen LogP contribution in [0.5, 0.6) is 0 Å².